The topological polar surface area (TPSA) is 37.0 Å². The number of hydrogen-bond donors (Lipinski definition) is 2. The van der Waals surface area contributed by atoms with Crippen LogP contribution in [0.2, 0.25) is 0 Å². The maximum absolute atomic E-state index is 4.15. The van der Waals surface area contributed by atoms with Gasteiger partial charge in [-0.05, 0) is 49.6 Å². The number of hydrogen-bond acceptors (Lipinski definition) is 3. The molecule has 0 aromatic carbocycles. The third-order valence-electron chi connectivity index (χ3n) is 3.05. The minimum absolute atomic E-state index is 0.858. The van der Waals surface area contributed by atoms with Crippen LogP contribution in [0.1, 0.15) is 31.7 Å². The predicted octanol–water partition coefficient (Wildman–Crippen LogP) is 3.99. The average Bonchev–Trinajstić information content (AvgIpc) is 2.47. The SMILES string of the molecule is C=Cc1cncc(NC(=C)C(=C)CCCCNCC)c1. The second kappa shape index (κ2) is 9.10. The van der Waals surface area contributed by atoms with E-state index in [1.165, 1.54) is 0 Å². The molecule has 3 heteroatoms. The number of unbranched alkanes of at least 4 members (excludes halogenated alkanes) is 1. The summed E-state index contributed by atoms with van der Waals surface area (Å²) >= 11 is 0. The van der Waals surface area contributed by atoms with Crippen molar-refractivity contribution in [3.05, 3.63) is 55.0 Å². The summed E-state index contributed by atoms with van der Waals surface area (Å²) in [5.41, 5.74) is 3.81. The maximum atomic E-state index is 4.15. The molecule has 0 bridgehead atoms. The van der Waals surface area contributed by atoms with Crippen LogP contribution < -0.4 is 10.6 Å². The molecular formula is C17H25N3. The van der Waals surface area contributed by atoms with Crippen LogP contribution in [-0.2, 0) is 0 Å². The highest BCUT2D eigenvalue weighted by Gasteiger charge is 2.02. The molecule has 20 heavy (non-hydrogen) atoms. The highest BCUT2D eigenvalue weighted by Crippen LogP contribution is 2.17. The molecule has 0 spiro atoms. The highest BCUT2D eigenvalue weighted by molar-refractivity contribution is 5.57. The van der Waals surface area contributed by atoms with E-state index in [1.54, 1.807) is 18.5 Å². The van der Waals surface area contributed by atoms with Gasteiger partial charge in [-0.3, -0.25) is 4.98 Å². The quantitative estimate of drug-likeness (QED) is 0.499. The lowest BCUT2D eigenvalue weighted by Gasteiger charge is -2.12. The summed E-state index contributed by atoms with van der Waals surface area (Å²) in [5, 5.41) is 6.57. The normalized spacial score (nSPS) is 10.1. The zero-order chi connectivity index (χ0) is 14.8. The molecule has 0 radical (unpaired) electrons. The lowest BCUT2D eigenvalue weighted by Crippen LogP contribution is -2.13. The first-order valence-corrected chi connectivity index (χ1v) is 7.09. The van der Waals surface area contributed by atoms with Crippen LogP contribution >= 0.6 is 0 Å². The van der Waals surface area contributed by atoms with E-state index in [9.17, 15) is 0 Å². The molecule has 0 aliphatic rings. The van der Waals surface area contributed by atoms with Gasteiger partial charge in [-0.15, -0.1) is 0 Å². The maximum Gasteiger partial charge on any atom is 0.0576 e. The second-order valence-electron chi connectivity index (χ2n) is 4.73. The van der Waals surface area contributed by atoms with Crippen molar-refractivity contribution in [2.75, 3.05) is 18.4 Å². The number of nitrogens with zero attached hydrogens (tertiary/aromatic N) is 1. The molecule has 0 aliphatic carbocycles. The van der Waals surface area contributed by atoms with Gasteiger partial charge in [0, 0.05) is 11.9 Å². The van der Waals surface area contributed by atoms with Gasteiger partial charge in [0.2, 0.25) is 0 Å². The number of nitrogens with one attached hydrogen (secondary N) is 2. The van der Waals surface area contributed by atoms with Crippen LogP contribution in [0.15, 0.2) is 49.5 Å². The van der Waals surface area contributed by atoms with Crippen molar-refractivity contribution < 1.29 is 0 Å². The van der Waals surface area contributed by atoms with Crippen molar-refractivity contribution in [2.45, 2.75) is 26.2 Å². The first kappa shape index (κ1) is 16.2. The second-order valence-corrected chi connectivity index (χ2v) is 4.73. The van der Waals surface area contributed by atoms with E-state index in [1.807, 2.05) is 6.07 Å². The van der Waals surface area contributed by atoms with E-state index >= 15 is 0 Å². The van der Waals surface area contributed by atoms with E-state index < -0.39 is 0 Å². The van der Waals surface area contributed by atoms with E-state index in [2.05, 4.69) is 42.3 Å². The average molecular weight is 271 g/mol. The Labute approximate surface area is 122 Å². The Balaban J connectivity index is 2.37. The van der Waals surface area contributed by atoms with Gasteiger partial charge in [-0.25, -0.2) is 0 Å². The Morgan fingerprint density at radius 1 is 1.30 bits per heavy atom. The molecule has 3 nitrogen and oxygen atoms in total. The summed E-state index contributed by atoms with van der Waals surface area (Å²) in [6.07, 6.45) is 8.57. The van der Waals surface area contributed by atoms with E-state index in [0.717, 1.165) is 54.9 Å². The molecule has 1 aromatic heterocycles. The van der Waals surface area contributed by atoms with Crippen molar-refractivity contribution in [3.8, 4) is 0 Å². The summed E-state index contributed by atoms with van der Waals surface area (Å²) < 4.78 is 0. The molecular weight excluding hydrogens is 246 g/mol. The fourth-order valence-electron chi connectivity index (χ4n) is 1.82. The van der Waals surface area contributed by atoms with Gasteiger partial charge in [0.25, 0.3) is 0 Å². The van der Waals surface area contributed by atoms with Crippen LogP contribution in [-0.4, -0.2) is 18.1 Å². The van der Waals surface area contributed by atoms with Gasteiger partial charge in [-0.2, -0.15) is 0 Å². The fraction of sp³-hybridized carbons (Fsp3) is 0.353. The summed E-state index contributed by atoms with van der Waals surface area (Å²) in [6, 6.07) is 1.99. The van der Waals surface area contributed by atoms with Crippen LogP contribution in [0.25, 0.3) is 6.08 Å². The zero-order valence-electron chi connectivity index (χ0n) is 12.4. The third kappa shape index (κ3) is 5.85. The molecule has 0 unspecified atom stereocenters. The largest absolute Gasteiger partial charge is 0.355 e. The zero-order valence-corrected chi connectivity index (χ0v) is 12.4. The Morgan fingerprint density at radius 2 is 2.10 bits per heavy atom. The van der Waals surface area contributed by atoms with Crippen LogP contribution in [0.4, 0.5) is 5.69 Å². The lowest BCUT2D eigenvalue weighted by atomic mass is 10.1. The van der Waals surface area contributed by atoms with E-state index in [0.29, 0.717) is 0 Å². The van der Waals surface area contributed by atoms with Crippen LogP contribution in [0, 0.1) is 0 Å². The molecule has 0 saturated heterocycles. The Morgan fingerprint density at radius 3 is 2.80 bits per heavy atom. The standard InChI is InChI=1S/C17H25N3/c1-5-16-11-17(13-19-12-16)20-15(4)14(3)9-7-8-10-18-6-2/h5,11-13,18,20H,1,3-4,6-10H2,2H3. The molecule has 2 N–H and O–H groups in total. The van der Waals surface area contributed by atoms with Crippen molar-refractivity contribution in [3.63, 3.8) is 0 Å². The number of allylic oxidation sites excluding steroid dienone is 1. The lowest BCUT2D eigenvalue weighted by molar-refractivity contribution is 0.641. The monoisotopic (exact) mass is 271 g/mol. The highest BCUT2D eigenvalue weighted by atomic mass is 14.9. The Hall–Kier alpha value is -1.87. The number of anilines is 1. The summed E-state index contributed by atoms with van der Waals surface area (Å²) in [5.74, 6) is 0. The molecule has 1 heterocycles. The smallest absolute Gasteiger partial charge is 0.0576 e. The van der Waals surface area contributed by atoms with Gasteiger partial charge in [0.15, 0.2) is 0 Å². The van der Waals surface area contributed by atoms with Crippen molar-refractivity contribution in [2.24, 2.45) is 0 Å². The minimum atomic E-state index is 0.858. The third-order valence-corrected chi connectivity index (χ3v) is 3.05. The summed E-state index contributed by atoms with van der Waals surface area (Å²) in [4.78, 5) is 4.15. The first-order valence-electron chi connectivity index (χ1n) is 7.09. The minimum Gasteiger partial charge on any atom is -0.355 e. The Bertz CT molecular complexity index is 463. The molecule has 108 valence electrons. The molecule has 1 rings (SSSR count). The molecule has 0 amide bonds. The van der Waals surface area contributed by atoms with Gasteiger partial charge >= 0.3 is 0 Å². The predicted molar refractivity (Wildman–Crippen MR) is 88.6 cm³/mol. The van der Waals surface area contributed by atoms with E-state index in [4.69, 9.17) is 0 Å². The molecule has 0 fully saturated rings. The Kier molecular flexibility index (Phi) is 7.36. The van der Waals surface area contributed by atoms with Crippen molar-refractivity contribution in [1.29, 1.82) is 0 Å². The van der Waals surface area contributed by atoms with Gasteiger partial charge in [0.1, 0.15) is 0 Å². The number of rotatable bonds is 10. The number of aromatic nitrogens is 1. The summed E-state index contributed by atoms with van der Waals surface area (Å²) in [6.45, 7) is 16.1. The molecule has 0 saturated carbocycles. The van der Waals surface area contributed by atoms with Gasteiger partial charge < -0.3 is 10.6 Å². The molecule has 1 aromatic rings. The molecule has 0 aliphatic heterocycles. The van der Waals surface area contributed by atoms with Crippen molar-refractivity contribution >= 4 is 11.8 Å². The van der Waals surface area contributed by atoms with Crippen LogP contribution in [0.5, 0.6) is 0 Å². The fourth-order valence-corrected chi connectivity index (χ4v) is 1.82. The molecule has 0 atom stereocenters. The number of pyridine rings is 1. The summed E-state index contributed by atoms with van der Waals surface area (Å²) in [7, 11) is 0. The van der Waals surface area contributed by atoms with Crippen molar-refractivity contribution in [1.82, 2.24) is 10.3 Å². The first-order chi connectivity index (χ1) is 9.67. The van der Waals surface area contributed by atoms with Gasteiger partial charge in [-0.1, -0.05) is 32.7 Å². The van der Waals surface area contributed by atoms with Crippen LogP contribution in [0.3, 0.4) is 0 Å². The van der Waals surface area contributed by atoms with Gasteiger partial charge in [0.05, 0.1) is 11.9 Å². The van der Waals surface area contributed by atoms with E-state index in [-0.39, 0.29) is 0 Å².